The summed E-state index contributed by atoms with van der Waals surface area (Å²) in [6, 6.07) is 6.37. The van der Waals surface area contributed by atoms with Gasteiger partial charge in [-0.2, -0.15) is 0 Å². The minimum atomic E-state index is 0.0504. The third kappa shape index (κ3) is 2.42. The molecule has 0 amide bonds. The van der Waals surface area contributed by atoms with Gasteiger partial charge in [-0.3, -0.25) is 4.98 Å². The van der Waals surface area contributed by atoms with Crippen molar-refractivity contribution in [1.82, 2.24) is 10.3 Å². The van der Waals surface area contributed by atoms with Gasteiger partial charge in [0, 0.05) is 30.8 Å². The number of aromatic nitrogens is 1. The van der Waals surface area contributed by atoms with E-state index in [1.165, 1.54) is 6.42 Å². The molecule has 1 aliphatic carbocycles. The van der Waals surface area contributed by atoms with Crippen LogP contribution in [0.3, 0.4) is 0 Å². The van der Waals surface area contributed by atoms with Gasteiger partial charge >= 0.3 is 0 Å². The summed E-state index contributed by atoms with van der Waals surface area (Å²) in [6.07, 6.45) is 5.29. The van der Waals surface area contributed by atoms with Gasteiger partial charge in [0.1, 0.15) is 0 Å². The molecule has 0 radical (unpaired) electrons. The monoisotopic (exact) mass is 220 g/mol. The molecule has 1 aromatic rings. The molecule has 3 heteroatoms. The quantitative estimate of drug-likeness (QED) is 0.812. The number of pyridine rings is 1. The minimum absolute atomic E-state index is 0.0504. The summed E-state index contributed by atoms with van der Waals surface area (Å²) in [6.45, 7) is 3.23. The predicted octanol–water partition coefficient (Wildman–Crippen LogP) is 1.72. The van der Waals surface area contributed by atoms with Gasteiger partial charge in [-0.25, -0.2) is 0 Å². The number of nitrogens with one attached hydrogen (secondary N) is 1. The van der Waals surface area contributed by atoms with Gasteiger partial charge in [-0.15, -0.1) is 0 Å². The summed E-state index contributed by atoms with van der Waals surface area (Å²) >= 11 is 0. The Bertz CT molecular complexity index is 328. The molecule has 2 atom stereocenters. The zero-order valence-electron chi connectivity index (χ0n) is 9.82. The second-order valence-electron chi connectivity index (χ2n) is 4.96. The van der Waals surface area contributed by atoms with Crippen molar-refractivity contribution in [1.29, 1.82) is 0 Å². The summed E-state index contributed by atoms with van der Waals surface area (Å²) in [7, 11) is 0. The molecule has 0 spiro atoms. The van der Waals surface area contributed by atoms with Crippen molar-refractivity contribution in [2.45, 2.75) is 38.8 Å². The SMILES string of the molecule is CC1(CO)CCCC1NCc1ccccn1. The van der Waals surface area contributed by atoms with E-state index in [1.54, 1.807) is 0 Å². The van der Waals surface area contributed by atoms with Crippen LogP contribution in [-0.4, -0.2) is 22.7 Å². The molecule has 0 aromatic carbocycles. The van der Waals surface area contributed by atoms with E-state index < -0.39 is 0 Å². The molecule has 1 saturated carbocycles. The van der Waals surface area contributed by atoms with Crippen LogP contribution in [-0.2, 0) is 6.54 Å². The Morgan fingerprint density at radius 1 is 1.56 bits per heavy atom. The maximum Gasteiger partial charge on any atom is 0.0541 e. The molecule has 1 aliphatic rings. The predicted molar refractivity (Wildman–Crippen MR) is 63.9 cm³/mol. The van der Waals surface area contributed by atoms with Gasteiger partial charge in [-0.05, 0) is 25.0 Å². The standard InChI is InChI=1S/C13H20N2O/c1-13(10-16)7-4-6-12(13)15-9-11-5-2-3-8-14-11/h2-3,5,8,12,15-16H,4,6-7,9-10H2,1H3. The first-order valence-electron chi connectivity index (χ1n) is 5.99. The molecule has 88 valence electrons. The molecule has 1 heterocycles. The Kier molecular flexibility index (Phi) is 3.56. The van der Waals surface area contributed by atoms with Gasteiger partial charge in [0.2, 0.25) is 0 Å². The fourth-order valence-corrected chi connectivity index (χ4v) is 2.50. The molecular weight excluding hydrogens is 200 g/mol. The molecule has 3 nitrogen and oxygen atoms in total. The van der Waals surface area contributed by atoms with Crippen LogP contribution in [0.15, 0.2) is 24.4 Å². The molecule has 2 N–H and O–H groups in total. The number of aliphatic hydroxyl groups is 1. The lowest BCUT2D eigenvalue weighted by atomic mass is 9.86. The summed E-state index contributed by atoms with van der Waals surface area (Å²) in [4.78, 5) is 4.29. The first kappa shape index (κ1) is 11.6. The van der Waals surface area contributed by atoms with E-state index in [4.69, 9.17) is 0 Å². The van der Waals surface area contributed by atoms with Crippen molar-refractivity contribution < 1.29 is 5.11 Å². The maximum atomic E-state index is 9.44. The highest BCUT2D eigenvalue weighted by atomic mass is 16.3. The van der Waals surface area contributed by atoms with E-state index >= 15 is 0 Å². The van der Waals surface area contributed by atoms with Crippen molar-refractivity contribution in [3.05, 3.63) is 30.1 Å². The van der Waals surface area contributed by atoms with E-state index in [-0.39, 0.29) is 12.0 Å². The Morgan fingerprint density at radius 2 is 2.44 bits per heavy atom. The second kappa shape index (κ2) is 4.93. The fourth-order valence-electron chi connectivity index (χ4n) is 2.50. The number of hydrogen-bond acceptors (Lipinski definition) is 3. The fraction of sp³-hybridized carbons (Fsp3) is 0.615. The Balaban J connectivity index is 1.91. The van der Waals surface area contributed by atoms with E-state index in [1.807, 2.05) is 24.4 Å². The highest BCUT2D eigenvalue weighted by molar-refractivity contribution is 5.04. The zero-order valence-corrected chi connectivity index (χ0v) is 9.82. The highest BCUT2D eigenvalue weighted by Crippen LogP contribution is 2.37. The smallest absolute Gasteiger partial charge is 0.0541 e. The number of aliphatic hydroxyl groups excluding tert-OH is 1. The first-order chi connectivity index (χ1) is 7.74. The lowest BCUT2D eigenvalue weighted by Crippen LogP contribution is -2.41. The number of nitrogens with zero attached hydrogens (tertiary/aromatic N) is 1. The third-order valence-electron chi connectivity index (χ3n) is 3.70. The van der Waals surface area contributed by atoms with Crippen LogP contribution in [0, 0.1) is 5.41 Å². The van der Waals surface area contributed by atoms with Gasteiger partial charge in [0.25, 0.3) is 0 Å². The maximum absolute atomic E-state index is 9.44. The summed E-state index contributed by atoms with van der Waals surface area (Å²) in [5, 5.41) is 13.0. The van der Waals surface area contributed by atoms with Crippen molar-refractivity contribution in [3.8, 4) is 0 Å². The molecule has 0 saturated heterocycles. The van der Waals surface area contributed by atoms with Crippen LogP contribution in [0.4, 0.5) is 0 Å². The Hall–Kier alpha value is -0.930. The van der Waals surface area contributed by atoms with Gasteiger partial charge in [0.15, 0.2) is 0 Å². The average molecular weight is 220 g/mol. The summed E-state index contributed by atoms with van der Waals surface area (Å²) in [5.74, 6) is 0. The molecular formula is C13H20N2O. The van der Waals surface area contributed by atoms with Crippen molar-refractivity contribution >= 4 is 0 Å². The normalized spacial score (nSPS) is 29.5. The van der Waals surface area contributed by atoms with E-state index in [0.29, 0.717) is 6.04 Å². The van der Waals surface area contributed by atoms with Crippen LogP contribution in [0.5, 0.6) is 0 Å². The number of rotatable bonds is 4. The van der Waals surface area contributed by atoms with Gasteiger partial charge < -0.3 is 10.4 Å². The molecule has 0 aliphatic heterocycles. The van der Waals surface area contributed by atoms with E-state index in [2.05, 4.69) is 17.2 Å². The van der Waals surface area contributed by atoms with Crippen molar-refractivity contribution in [2.24, 2.45) is 5.41 Å². The van der Waals surface area contributed by atoms with Gasteiger partial charge in [-0.1, -0.05) is 19.4 Å². The lowest BCUT2D eigenvalue weighted by molar-refractivity contribution is 0.118. The van der Waals surface area contributed by atoms with Crippen LogP contribution >= 0.6 is 0 Å². The minimum Gasteiger partial charge on any atom is -0.396 e. The van der Waals surface area contributed by atoms with Crippen molar-refractivity contribution in [3.63, 3.8) is 0 Å². The molecule has 2 rings (SSSR count). The molecule has 2 unspecified atom stereocenters. The van der Waals surface area contributed by atoms with E-state index in [9.17, 15) is 5.11 Å². The van der Waals surface area contributed by atoms with E-state index in [0.717, 1.165) is 25.1 Å². The first-order valence-corrected chi connectivity index (χ1v) is 5.99. The molecule has 1 fully saturated rings. The molecule has 1 aromatic heterocycles. The van der Waals surface area contributed by atoms with Crippen LogP contribution in [0.1, 0.15) is 31.9 Å². The average Bonchev–Trinajstić information content (AvgIpc) is 2.70. The van der Waals surface area contributed by atoms with Crippen LogP contribution < -0.4 is 5.32 Å². The highest BCUT2D eigenvalue weighted by Gasteiger charge is 2.37. The zero-order chi connectivity index (χ0) is 11.4. The third-order valence-corrected chi connectivity index (χ3v) is 3.70. The topological polar surface area (TPSA) is 45.1 Å². The largest absolute Gasteiger partial charge is 0.396 e. The Labute approximate surface area is 96.9 Å². The summed E-state index contributed by atoms with van der Waals surface area (Å²) < 4.78 is 0. The molecule has 0 bridgehead atoms. The molecule has 16 heavy (non-hydrogen) atoms. The van der Waals surface area contributed by atoms with Crippen LogP contribution in [0.25, 0.3) is 0 Å². The number of hydrogen-bond donors (Lipinski definition) is 2. The van der Waals surface area contributed by atoms with Gasteiger partial charge in [0.05, 0.1) is 5.69 Å². The lowest BCUT2D eigenvalue weighted by Gasteiger charge is -2.30. The summed E-state index contributed by atoms with van der Waals surface area (Å²) in [5.41, 5.74) is 1.11. The second-order valence-corrected chi connectivity index (χ2v) is 4.96. The van der Waals surface area contributed by atoms with Crippen molar-refractivity contribution in [2.75, 3.05) is 6.61 Å². The van der Waals surface area contributed by atoms with Crippen LogP contribution in [0.2, 0.25) is 0 Å². The Morgan fingerprint density at radius 3 is 3.12 bits per heavy atom.